The van der Waals surface area contributed by atoms with Crippen molar-refractivity contribution in [3.63, 3.8) is 0 Å². The average Bonchev–Trinajstić information content (AvgIpc) is 3.65. The molecule has 0 unspecified atom stereocenters. The smallest absolute Gasteiger partial charge is 0.181 e. The number of halogens is 1. The number of aromatic nitrogens is 6. The van der Waals surface area contributed by atoms with Gasteiger partial charge in [-0.1, -0.05) is 6.42 Å². The second kappa shape index (κ2) is 12.1. The van der Waals surface area contributed by atoms with E-state index in [1.54, 1.807) is 6.20 Å². The first kappa shape index (κ1) is 28.1. The van der Waals surface area contributed by atoms with Gasteiger partial charge < -0.3 is 14.6 Å². The molecule has 1 aliphatic rings. The number of ether oxygens (including phenoxy) is 1. The number of pyridine rings is 3. The lowest BCUT2D eigenvalue weighted by Gasteiger charge is -2.26. The molecule has 0 atom stereocenters. The number of likely N-dealkylation sites (N-methyl/N-ethyl adjacent to an activating group) is 1. The average molecular weight is 591 g/mol. The molecular formula is C34H35FN8O. The van der Waals surface area contributed by atoms with Gasteiger partial charge in [-0.2, -0.15) is 5.10 Å². The normalized spacial score (nSPS) is 14.2. The molecule has 0 bridgehead atoms. The van der Waals surface area contributed by atoms with Crippen LogP contribution in [0.25, 0.3) is 55.7 Å². The lowest BCUT2D eigenvalue weighted by Crippen LogP contribution is -2.29. The summed E-state index contributed by atoms with van der Waals surface area (Å²) < 4.78 is 20.5. The Hall–Kier alpha value is -4.67. The fourth-order valence-electron chi connectivity index (χ4n) is 5.93. The Morgan fingerprint density at radius 1 is 0.909 bits per heavy atom. The second-order valence-corrected chi connectivity index (χ2v) is 11.7. The summed E-state index contributed by atoms with van der Waals surface area (Å²) in [6.45, 7) is 4.40. The van der Waals surface area contributed by atoms with Crippen molar-refractivity contribution >= 4 is 22.1 Å². The summed E-state index contributed by atoms with van der Waals surface area (Å²) in [5.74, 6) is 0.144. The molecule has 0 aliphatic carbocycles. The van der Waals surface area contributed by atoms with E-state index < -0.39 is 0 Å². The van der Waals surface area contributed by atoms with E-state index >= 15 is 0 Å². The highest BCUT2D eigenvalue weighted by atomic mass is 19.1. The van der Waals surface area contributed by atoms with Gasteiger partial charge in [-0.25, -0.2) is 14.4 Å². The molecule has 1 aromatic carbocycles. The molecule has 0 radical (unpaired) electrons. The minimum atomic E-state index is -0.351. The quantitative estimate of drug-likeness (QED) is 0.204. The molecule has 9 nitrogen and oxygen atoms in total. The first-order valence-corrected chi connectivity index (χ1v) is 15.1. The summed E-state index contributed by atoms with van der Waals surface area (Å²) >= 11 is 0. The van der Waals surface area contributed by atoms with Crippen molar-refractivity contribution in [2.45, 2.75) is 25.8 Å². The Kier molecular flexibility index (Phi) is 7.76. The molecule has 10 heteroatoms. The molecule has 2 N–H and O–H groups in total. The van der Waals surface area contributed by atoms with Gasteiger partial charge in [-0.15, -0.1) is 0 Å². The van der Waals surface area contributed by atoms with Crippen molar-refractivity contribution < 1.29 is 9.13 Å². The van der Waals surface area contributed by atoms with Crippen molar-refractivity contribution in [2.24, 2.45) is 0 Å². The number of rotatable bonds is 9. The Bertz CT molecular complexity index is 1920. The fourth-order valence-corrected chi connectivity index (χ4v) is 5.93. The Morgan fingerprint density at radius 2 is 1.77 bits per heavy atom. The van der Waals surface area contributed by atoms with Crippen LogP contribution in [0.15, 0.2) is 67.3 Å². The molecule has 44 heavy (non-hydrogen) atoms. The van der Waals surface area contributed by atoms with Crippen LogP contribution in [0.5, 0.6) is 5.75 Å². The zero-order valence-electron chi connectivity index (χ0n) is 25.0. The molecule has 7 rings (SSSR count). The zero-order valence-corrected chi connectivity index (χ0v) is 25.0. The summed E-state index contributed by atoms with van der Waals surface area (Å²) in [6.07, 6.45) is 11.3. The predicted molar refractivity (Wildman–Crippen MR) is 171 cm³/mol. The Balaban J connectivity index is 1.21. The highest BCUT2D eigenvalue weighted by molar-refractivity contribution is 5.99. The minimum Gasteiger partial charge on any atom is -0.492 e. The minimum absolute atomic E-state index is 0.351. The highest BCUT2D eigenvalue weighted by Crippen LogP contribution is 2.35. The molecule has 5 aromatic heterocycles. The van der Waals surface area contributed by atoms with Crippen LogP contribution in [0.1, 0.15) is 24.8 Å². The van der Waals surface area contributed by atoms with Crippen LogP contribution < -0.4 is 4.74 Å². The molecule has 1 fully saturated rings. The fraction of sp³-hybridized carbons (Fsp3) is 0.294. The summed E-state index contributed by atoms with van der Waals surface area (Å²) in [7, 11) is 3.95. The van der Waals surface area contributed by atoms with Gasteiger partial charge in [0.15, 0.2) is 5.65 Å². The van der Waals surface area contributed by atoms with E-state index in [0.29, 0.717) is 23.7 Å². The first-order valence-electron chi connectivity index (χ1n) is 15.1. The van der Waals surface area contributed by atoms with Gasteiger partial charge >= 0.3 is 0 Å². The maximum Gasteiger partial charge on any atom is 0.181 e. The van der Waals surface area contributed by atoms with Crippen molar-refractivity contribution in [2.75, 3.05) is 40.3 Å². The summed E-state index contributed by atoms with van der Waals surface area (Å²) in [5.41, 5.74) is 7.72. The van der Waals surface area contributed by atoms with E-state index in [-0.39, 0.29) is 5.82 Å². The monoisotopic (exact) mass is 590 g/mol. The van der Waals surface area contributed by atoms with E-state index in [0.717, 1.165) is 70.6 Å². The van der Waals surface area contributed by atoms with E-state index in [2.05, 4.69) is 47.2 Å². The number of hydrogen-bond acceptors (Lipinski definition) is 7. The number of likely N-dealkylation sites (tertiary alicyclic amines) is 1. The highest BCUT2D eigenvalue weighted by Gasteiger charge is 2.17. The van der Waals surface area contributed by atoms with E-state index in [1.165, 1.54) is 37.0 Å². The van der Waals surface area contributed by atoms with Crippen LogP contribution in [0.3, 0.4) is 0 Å². The van der Waals surface area contributed by atoms with E-state index in [1.807, 2.05) is 55.8 Å². The Labute approximate surface area is 255 Å². The number of aromatic amines is 2. The number of H-pyrrole nitrogens is 2. The van der Waals surface area contributed by atoms with Gasteiger partial charge in [0, 0.05) is 65.8 Å². The number of hydrogen-bond donors (Lipinski definition) is 2. The second-order valence-electron chi connectivity index (χ2n) is 11.7. The SMILES string of the molecule is CN(C)CCOc1cc(F)cc(-c2ccnc3[nH]c(-c4[nH]nc5ncc(-c6cncc(CN7CCCCC7)c6)cc45)cc23)c1. The van der Waals surface area contributed by atoms with Crippen LogP contribution in [-0.2, 0) is 6.54 Å². The number of nitrogens with one attached hydrogen (secondary N) is 2. The molecular weight excluding hydrogens is 555 g/mol. The maximum absolute atomic E-state index is 14.7. The van der Waals surface area contributed by atoms with Crippen LogP contribution >= 0.6 is 0 Å². The number of piperidine rings is 1. The lowest BCUT2D eigenvalue weighted by molar-refractivity contribution is 0.220. The van der Waals surface area contributed by atoms with Gasteiger partial charge in [0.1, 0.15) is 23.8 Å². The van der Waals surface area contributed by atoms with E-state index in [9.17, 15) is 4.39 Å². The predicted octanol–water partition coefficient (Wildman–Crippen LogP) is 6.30. The zero-order chi connectivity index (χ0) is 30.0. The number of benzene rings is 1. The van der Waals surface area contributed by atoms with Crippen molar-refractivity contribution in [3.8, 4) is 39.4 Å². The maximum atomic E-state index is 14.7. The van der Waals surface area contributed by atoms with Crippen molar-refractivity contribution in [3.05, 3.63) is 78.6 Å². The Morgan fingerprint density at radius 3 is 2.64 bits per heavy atom. The molecule has 224 valence electrons. The molecule has 0 spiro atoms. The van der Waals surface area contributed by atoms with Gasteiger partial charge in [0.25, 0.3) is 0 Å². The first-order chi connectivity index (χ1) is 21.5. The topological polar surface area (TPSA) is 98.8 Å². The van der Waals surface area contributed by atoms with Gasteiger partial charge in [-0.3, -0.25) is 15.0 Å². The van der Waals surface area contributed by atoms with Crippen molar-refractivity contribution in [1.29, 1.82) is 0 Å². The third kappa shape index (κ3) is 5.91. The largest absolute Gasteiger partial charge is 0.492 e. The van der Waals surface area contributed by atoms with Crippen LogP contribution in [0.2, 0.25) is 0 Å². The summed E-state index contributed by atoms with van der Waals surface area (Å²) in [4.78, 5) is 21.7. The molecule has 1 saturated heterocycles. The third-order valence-corrected chi connectivity index (χ3v) is 8.18. The van der Waals surface area contributed by atoms with Gasteiger partial charge in [0.05, 0.1) is 11.4 Å². The number of nitrogens with zero attached hydrogens (tertiary/aromatic N) is 6. The third-order valence-electron chi connectivity index (χ3n) is 8.18. The standard InChI is InChI=1S/C34H35FN8O/c1-42(2)10-11-44-27-14-23(13-26(35)16-27)28-6-7-37-33-29(28)17-31(39-33)32-30-15-25(20-38-34(30)41-40-32)24-12-22(18-36-19-24)21-43-8-4-3-5-9-43/h6-7,12-20H,3-5,8-11,21H2,1-2H3,(H,37,39)(H,38,40,41). The molecule has 6 aromatic rings. The van der Waals surface area contributed by atoms with Gasteiger partial charge in [0.2, 0.25) is 0 Å². The summed E-state index contributed by atoms with van der Waals surface area (Å²) in [5, 5.41) is 9.40. The summed E-state index contributed by atoms with van der Waals surface area (Å²) in [6, 6.07) is 13.0. The van der Waals surface area contributed by atoms with Crippen molar-refractivity contribution in [1.82, 2.24) is 39.9 Å². The molecule has 1 aliphatic heterocycles. The van der Waals surface area contributed by atoms with Crippen LogP contribution in [0, 0.1) is 5.82 Å². The number of fused-ring (bicyclic) bond motifs is 2. The molecule has 6 heterocycles. The molecule has 0 saturated carbocycles. The lowest BCUT2D eigenvalue weighted by atomic mass is 10.0. The van der Waals surface area contributed by atoms with Crippen LogP contribution in [0.4, 0.5) is 4.39 Å². The van der Waals surface area contributed by atoms with Gasteiger partial charge in [-0.05, 0) is 93.1 Å². The molecule has 0 amide bonds. The van der Waals surface area contributed by atoms with Crippen LogP contribution in [-0.4, -0.2) is 80.3 Å². The van der Waals surface area contributed by atoms with E-state index in [4.69, 9.17) is 4.74 Å².